The number of anilines is 1. The first-order valence-corrected chi connectivity index (χ1v) is 6.37. The second-order valence-electron chi connectivity index (χ2n) is 3.73. The Hall–Kier alpha value is -1.75. The quantitative estimate of drug-likeness (QED) is 0.857. The highest BCUT2D eigenvalue weighted by Crippen LogP contribution is 2.36. The van der Waals surface area contributed by atoms with Gasteiger partial charge >= 0.3 is 0 Å². The Morgan fingerprint density at radius 1 is 1.28 bits per heavy atom. The summed E-state index contributed by atoms with van der Waals surface area (Å²) in [5, 5.41) is 3.80. The standard InChI is InChI=1S/C13H15N3OS/c1-9-5-4-6-10(7-9)18-13-11(17-3)12(14-2)15-8-16-13/h4-8H,1-3H3,(H,14,15,16). The molecule has 0 aliphatic rings. The molecule has 5 heteroatoms. The molecule has 1 heterocycles. The van der Waals surface area contributed by atoms with E-state index in [9.17, 15) is 0 Å². The van der Waals surface area contributed by atoms with Gasteiger partial charge in [0.15, 0.2) is 11.6 Å². The van der Waals surface area contributed by atoms with Crippen molar-refractivity contribution < 1.29 is 4.74 Å². The van der Waals surface area contributed by atoms with Gasteiger partial charge in [0.05, 0.1) is 7.11 Å². The molecule has 0 amide bonds. The summed E-state index contributed by atoms with van der Waals surface area (Å²) in [7, 11) is 3.44. The minimum atomic E-state index is 0.673. The first-order chi connectivity index (χ1) is 8.74. The molecule has 18 heavy (non-hydrogen) atoms. The molecular formula is C13H15N3OS. The fourth-order valence-corrected chi connectivity index (χ4v) is 2.57. The maximum absolute atomic E-state index is 5.36. The van der Waals surface area contributed by atoms with E-state index in [1.54, 1.807) is 18.9 Å². The summed E-state index contributed by atoms with van der Waals surface area (Å²) in [6.45, 7) is 2.07. The molecule has 4 nitrogen and oxygen atoms in total. The minimum Gasteiger partial charge on any atom is -0.490 e. The van der Waals surface area contributed by atoms with Crippen LogP contribution in [0, 0.1) is 6.92 Å². The first-order valence-electron chi connectivity index (χ1n) is 5.56. The average Bonchev–Trinajstić information content (AvgIpc) is 2.38. The van der Waals surface area contributed by atoms with Gasteiger partial charge in [0, 0.05) is 11.9 Å². The van der Waals surface area contributed by atoms with E-state index < -0.39 is 0 Å². The topological polar surface area (TPSA) is 47.0 Å². The molecule has 1 aromatic carbocycles. The summed E-state index contributed by atoms with van der Waals surface area (Å²) < 4.78 is 5.36. The van der Waals surface area contributed by atoms with Gasteiger partial charge in [0.1, 0.15) is 11.4 Å². The Bertz CT molecular complexity index is 546. The molecule has 0 aliphatic carbocycles. The Kier molecular flexibility index (Phi) is 4.04. The average molecular weight is 261 g/mol. The summed E-state index contributed by atoms with van der Waals surface area (Å²) >= 11 is 1.57. The number of hydrogen-bond donors (Lipinski definition) is 1. The predicted molar refractivity (Wildman–Crippen MR) is 73.4 cm³/mol. The van der Waals surface area contributed by atoms with Crippen LogP contribution in [0.2, 0.25) is 0 Å². The van der Waals surface area contributed by atoms with Crippen molar-refractivity contribution in [3.05, 3.63) is 36.2 Å². The van der Waals surface area contributed by atoms with Crippen LogP contribution in [0.1, 0.15) is 5.56 Å². The summed E-state index contributed by atoms with van der Waals surface area (Å²) in [5.41, 5.74) is 1.22. The zero-order valence-electron chi connectivity index (χ0n) is 10.6. The lowest BCUT2D eigenvalue weighted by molar-refractivity contribution is 0.400. The monoisotopic (exact) mass is 261 g/mol. The third-order valence-electron chi connectivity index (χ3n) is 2.42. The van der Waals surface area contributed by atoms with Crippen molar-refractivity contribution >= 4 is 17.6 Å². The van der Waals surface area contributed by atoms with E-state index in [-0.39, 0.29) is 0 Å². The van der Waals surface area contributed by atoms with Gasteiger partial charge in [-0.1, -0.05) is 29.5 Å². The predicted octanol–water partition coefficient (Wildman–Crippen LogP) is 2.99. The number of methoxy groups -OCH3 is 1. The van der Waals surface area contributed by atoms with Gasteiger partial charge in [-0.05, 0) is 19.1 Å². The third-order valence-corrected chi connectivity index (χ3v) is 3.39. The lowest BCUT2D eigenvalue weighted by Gasteiger charge is -2.10. The first kappa shape index (κ1) is 12.7. The molecule has 2 rings (SSSR count). The van der Waals surface area contributed by atoms with Crippen molar-refractivity contribution in [2.45, 2.75) is 16.8 Å². The van der Waals surface area contributed by atoms with Crippen molar-refractivity contribution in [1.29, 1.82) is 0 Å². The van der Waals surface area contributed by atoms with E-state index in [2.05, 4.69) is 40.4 Å². The smallest absolute Gasteiger partial charge is 0.194 e. The van der Waals surface area contributed by atoms with Crippen LogP contribution < -0.4 is 10.1 Å². The minimum absolute atomic E-state index is 0.673. The Balaban J connectivity index is 2.34. The fraction of sp³-hybridized carbons (Fsp3) is 0.231. The second-order valence-corrected chi connectivity index (χ2v) is 4.79. The zero-order valence-corrected chi connectivity index (χ0v) is 11.4. The third kappa shape index (κ3) is 2.73. The molecule has 1 aromatic heterocycles. The summed E-state index contributed by atoms with van der Waals surface area (Å²) in [6.07, 6.45) is 1.53. The molecule has 1 N–H and O–H groups in total. The van der Waals surface area contributed by atoms with Crippen LogP contribution >= 0.6 is 11.8 Å². The van der Waals surface area contributed by atoms with Gasteiger partial charge in [-0.15, -0.1) is 0 Å². The summed E-state index contributed by atoms with van der Waals surface area (Å²) in [5.74, 6) is 1.37. The molecule has 94 valence electrons. The van der Waals surface area contributed by atoms with Crippen molar-refractivity contribution in [3.8, 4) is 5.75 Å². The number of benzene rings is 1. The van der Waals surface area contributed by atoms with Gasteiger partial charge in [-0.2, -0.15) is 0 Å². The number of aryl methyl sites for hydroxylation is 1. The number of aromatic nitrogens is 2. The van der Waals surface area contributed by atoms with Gasteiger partial charge < -0.3 is 10.1 Å². The number of rotatable bonds is 4. The Morgan fingerprint density at radius 2 is 2.11 bits per heavy atom. The van der Waals surface area contributed by atoms with Gasteiger partial charge in [0.2, 0.25) is 0 Å². The molecule has 0 saturated heterocycles. The largest absolute Gasteiger partial charge is 0.490 e. The fourth-order valence-electron chi connectivity index (χ4n) is 1.58. The highest BCUT2D eigenvalue weighted by Gasteiger charge is 2.12. The van der Waals surface area contributed by atoms with Gasteiger partial charge in [0.25, 0.3) is 0 Å². The highest BCUT2D eigenvalue weighted by molar-refractivity contribution is 7.99. The van der Waals surface area contributed by atoms with E-state index in [4.69, 9.17) is 4.74 Å². The van der Waals surface area contributed by atoms with E-state index in [1.165, 1.54) is 11.9 Å². The molecule has 0 bridgehead atoms. The number of ether oxygens (including phenoxy) is 1. The van der Waals surface area contributed by atoms with Crippen LogP contribution in [0.5, 0.6) is 5.75 Å². The van der Waals surface area contributed by atoms with Crippen LogP contribution in [0.25, 0.3) is 0 Å². The SMILES string of the molecule is CNc1ncnc(Sc2cccc(C)c2)c1OC. The zero-order chi connectivity index (χ0) is 13.0. The van der Waals surface area contributed by atoms with Gasteiger partial charge in [-0.25, -0.2) is 9.97 Å². The number of hydrogen-bond acceptors (Lipinski definition) is 5. The molecule has 0 unspecified atom stereocenters. The molecule has 0 fully saturated rings. The van der Waals surface area contributed by atoms with E-state index >= 15 is 0 Å². The van der Waals surface area contributed by atoms with Crippen molar-refractivity contribution in [2.75, 3.05) is 19.5 Å². The second kappa shape index (κ2) is 5.73. The van der Waals surface area contributed by atoms with Crippen LogP contribution in [0.15, 0.2) is 40.5 Å². The molecule has 0 radical (unpaired) electrons. The van der Waals surface area contributed by atoms with Crippen molar-refractivity contribution in [3.63, 3.8) is 0 Å². The molecule has 0 atom stereocenters. The van der Waals surface area contributed by atoms with E-state index in [0.717, 1.165) is 9.92 Å². The van der Waals surface area contributed by atoms with Crippen molar-refractivity contribution in [2.24, 2.45) is 0 Å². The van der Waals surface area contributed by atoms with E-state index in [1.807, 2.05) is 13.1 Å². The molecular weight excluding hydrogens is 246 g/mol. The number of nitrogens with zero attached hydrogens (tertiary/aromatic N) is 2. The Labute approximate surface area is 111 Å². The maximum atomic E-state index is 5.36. The Morgan fingerprint density at radius 3 is 2.78 bits per heavy atom. The van der Waals surface area contributed by atoms with E-state index in [0.29, 0.717) is 11.6 Å². The van der Waals surface area contributed by atoms with Crippen LogP contribution in [0.3, 0.4) is 0 Å². The maximum Gasteiger partial charge on any atom is 0.194 e. The number of nitrogens with one attached hydrogen (secondary N) is 1. The lowest BCUT2D eigenvalue weighted by Crippen LogP contribution is -1.99. The van der Waals surface area contributed by atoms with Gasteiger partial charge in [-0.3, -0.25) is 0 Å². The van der Waals surface area contributed by atoms with Crippen molar-refractivity contribution in [1.82, 2.24) is 9.97 Å². The lowest BCUT2D eigenvalue weighted by atomic mass is 10.2. The van der Waals surface area contributed by atoms with Crippen LogP contribution in [-0.4, -0.2) is 24.1 Å². The molecule has 0 spiro atoms. The summed E-state index contributed by atoms with van der Waals surface area (Å²) in [6, 6.07) is 8.27. The molecule has 2 aromatic rings. The summed E-state index contributed by atoms with van der Waals surface area (Å²) in [4.78, 5) is 9.53. The van der Waals surface area contributed by atoms with Crippen LogP contribution in [-0.2, 0) is 0 Å². The molecule has 0 aliphatic heterocycles. The van der Waals surface area contributed by atoms with Crippen LogP contribution in [0.4, 0.5) is 5.82 Å². The highest BCUT2D eigenvalue weighted by atomic mass is 32.2. The normalized spacial score (nSPS) is 10.2. The molecule has 0 saturated carbocycles.